The predicted molar refractivity (Wildman–Crippen MR) is 119 cm³/mol. The van der Waals surface area contributed by atoms with Crippen molar-refractivity contribution < 1.29 is 19.1 Å². The maximum Gasteiger partial charge on any atom is 0.255 e. The van der Waals surface area contributed by atoms with Gasteiger partial charge in [0.05, 0.1) is 25.5 Å². The largest absolute Gasteiger partial charge is 0.493 e. The number of halogens is 1. The van der Waals surface area contributed by atoms with E-state index in [-0.39, 0.29) is 24.2 Å². The Kier molecular flexibility index (Phi) is 8.95. The molecule has 2 aromatic carbocycles. The van der Waals surface area contributed by atoms with Gasteiger partial charge in [-0.2, -0.15) is 0 Å². The van der Waals surface area contributed by atoms with Crippen molar-refractivity contribution in [1.82, 2.24) is 10.6 Å². The average molecular weight is 434 g/mol. The highest BCUT2D eigenvalue weighted by atomic mass is 35.5. The Morgan fingerprint density at radius 1 is 1.07 bits per heavy atom. The minimum absolute atomic E-state index is 0. The topological polar surface area (TPSA) is 88.7 Å². The maximum atomic E-state index is 12.9. The molecule has 162 valence electrons. The van der Waals surface area contributed by atoms with Crippen LogP contribution in [0.5, 0.6) is 11.5 Å². The Balaban J connectivity index is 0.00000320. The number of ether oxygens (including phenoxy) is 2. The van der Waals surface area contributed by atoms with Crippen LogP contribution in [0.4, 0.5) is 5.69 Å². The lowest BCUT2D eigenvalue weighted by Crippen LogP contribution is -2.28. The van der Waals surface area contributed by atoms with Gasteiger partial charge in [-0.25, -0.2) is 0 Å². The first kappa shape index (κ1) is 23.5. The third kappa shape index (κ3) is 5.87. The molecule has 3 N–H and O–H groups in total. The first-order valence-corrected chi connectivity index (χ1v) is 9.73. The van der Waals surface area contributed by atoms with Crippen LogP contribution in [0.1, 0.15) is 33.6 Å². The van der Waals surface area contributed by atoms with Crippen molar-refractivity contribution in [3.63, 3.8) is 0 Å². The minimum atomic E-state index is -0.302. The molecule has 1 aliphatic rings. The van der Waals surface area contributed by atoms with Gasteiger partial charge in [-0.05, 0) is 50.0 Å². The molecule has 3 rings (SSSR count). The summed E-state index contributed by atoms with van der Waals surface area (Å²) in [5.74, 6) is 0.877. The summed E-state index contributed by atoms with van der Waals surface area (Å²) in [6, 6.07) is 12.0. The number of hydrogen-bond acceptors (Lipinski definition) is 5. The fourth-order valence-electron chi connectivity index (χ4n) is 3.40. The van der Waals surface area contributed by atoms with Gasteiger partial charge in [-0.3, -0.25) is 9.59 Å². The smallest absolute Gasteiger partial charge is 0.255 e. The van der Waals surface area contributed by atoms with Crippen molar-refractivity contribution in [2.45, 2.75) is 12.8 Å². The summed E-state index contributed by atoms with van der Waals surface area (Å²) in [5, 5.41) is 9.10. The van der Waals surface area contributed by atoms with E-state index >= 15 is 0 Å². The van der Waals surface area contributed by atoms with Crippen LogP contribution in [0.15, 0.2) is 42.5 Å². The van der Waals surface area contributed by atoms with Gasteiger partial charge in [0, 0.05) is 18.2 Å². The van der Waals surface area contributed by atoms with E-state index < -0.39 is 0 Å². The Hall–Kier alpha value is -2.77. The number of amides is 2. The lowest BCUT2D eigenvalue weighted by molar-refractivity contribution is 0.0952. The molecule has 7 nitrogen and oxygen atoms in total. The van der Waals surface area contributed by atoms with E-state index in [0.29, 0.717) is 40.8 Å². The fourth-order valence-corrected chi connectivity index (χ4v) is 3.40. The molecule has 2 amide bonds. The lowest BCUT2D eigenvalue weighted by Gasteiger charge is -2.16. The van der Waals surface area contributed by atoms with E-state index in [4.69, 9.17) is 9.47 Å². The second-order valence-electron chi connectivity index (χ2n) is 6.98. The number of carbonyl (C=O) groups is 2. The summed E-state index contributed by atoms with van der Waals surface area (Å²) in [6.45, 7) is 2.60. The van der Waals surface area contributed by atoms with E-state index in [1.54, 1.807) is 36.4 Å². The molecule has 1 saturated heterocycles. The number of anilines is 1. The van der Waals surface area contributed by atoms with Gasteiger partial charge in [0.15, 0.2) is 11.5 Å². The summed E-state index contributed by atoms with van der Waals surface area (Å²) in [4.78, 5) is 25.5. The van der Waals surface area contributed by atoms with Gasteiger partial charge < -0.3 is 25.4 Å². The van der Waals surface area contributed by atoms with Crippen LogP contribution in [-0.2, 0) is 0 Å². The van der Waals surface area contributed by atoms with Crippen LogP contribution in [-0.4, -0.2) is 45.7 Å². The van der Waals surface area contributed by atoms with Crippen molar-refractivity contribution >= 4 is 29.9 Å². The monoisotopic (exact) mass is 433 g/mol. The Labute approximate surface area is 182 Å². The molecule has 8 heteroatoms. The summed E-state index contributed by atoms with van der Waals surface area (Å²) >= 11 is 0. The molecule has 30 heavy (non-hydrogen) atoms. The minimum Gasteiger partial charge on any atom is -0.493 e. The zero-order valence-electron chi connectivity index (χ0n) is 17.2. The molecule has 1 heterocycles. The first-order valence-electron chi connectivity index (χ1n) is 9.73. The van der Waals surface area contributed by atoms with Crippen molar-refractivity contribution in [1.29, 1.82) is 0 Å². The highest BCUT2D eigenvalue weighted by Gasteiger charge is 2.20. The average Bonchev–Trinajstić information content (AvgIpc) is 3.27. The number of methoxy groups -OCH3 is 2. The molecule has 0 spiro atoms. The molecular weight excluding hydrogens is 406 g/mol. The molecule has 0 aromatic heterocycles. The Morgan fingerprint density at radius 3 is 2.40 bits per heavy atom. The van der Waals surface area contributed by atoms with Crippen LogP contribution < -0.4 is 25.4 Å². The second kappa shape index (κ2) is 11.4. The molecule has 1 atom stereocenters. The second-order valence-corrected chi connectivity index (χ2v) is 6.98. The van der Waals surface area contributed by atoms with E-state index in [0.717, 1.165) is 25.9 Å². The summed E-state index contributed by atoms with van der Waals surface area (Å²) in [6.07, 6.45) is 2.04. The number of nitrogens with one attached hydrogen (secondary N) is 3. The molecule has 1 fully saturated rings. The van der Waals surface area contributed by atoms with Gasteiger partial charge in [-0.1, -0.05) is 18.2 Å². The molecule has 1 aliphatic heterocycles. The Bertz CT molecular complexity index is 855. The molecule has 1 unspecified atom stereocenters. The summed E-state index contributed by atoms with van der Waals surface area (Å²) in [5.41, 5.74) is 1.20. The molecule has 0 saturated carbocycles. The van der Waals surface area contributed by atoms with Crippen molar-refractivity contribution in [3.8, 4) is 11.5 Å². The lowest BCUT2D eigenvalue weighted by atomic mass is 10.0. The third-order valence-corrected chi connectivity index (χ3v) is 5.05. The summed E-state index contributed by atoms with van der Waals surface area (Å²) in [7, 11) is 3.02. The van der Waals surface area contributed by atoms with Crippen LogP contribution in [0.2, 0.25) is 0 Å². The van der Waals surface area contributed by atoms with Crippen molar-refractivity contribution in [2.24, 2.45) is 5.92 Å². The van der Waals surface area contributed by atoms with E-state index in [2.05, 4.69) is 16.0 Å². The molecule has 0 radical (unpaired) electrons. The van der Waals surface area contributed by atoms with E-state index in [9.17, 15) is 9.59 Å². The quantitative estimate of drug-likeness (QED) is 0.595. The van der Waals surface area contributed by atoms with Crippen LogP contribution in [0.3, 0.4) is 0 Å². The third-order valence-electron chi connectivity index (χ3n) is 5.05. The highest BCUT2D eigenvalue weighted by molar-refractivity contribution is 6.09. The molecule has 0 aliphatic carbocycles. The molecule has 2 aromatic rings. The van der Waals surface area contributed by atoms with Gasteiger partial charge in [0.1, 0.15) is 0 Å². The fraction of sp³-hybridized carbons (Fsp3) is 0.364. The van der Waals surface area contributed by atoms with Gasteiger partial charge in [0.2, 0.25) is 0 Å². The Morgan fingerprint density at radius 2 is 1.77 bits per heavy atom. The van der Waals surface area contributed by atoms with Gasteiger partial charge in [-0.15, -0.1) is 12.4 Å². The van der Waals surface area contributed by atoms with E-state index in [1.807, 2.05) is 6.07 Å². The molecule has 0 bridgehead atoms. The first-order chi connectivity index (χ1) is 14.1. The van der Waals surface area contributed by atoms with Crippen molar-refractivity contribution in [3.05, 3.63) is 53.6 Å². The van der Waals surface area contributed by atoms with Crippen molar-refractivity contribution in [2.75, 3.05) is 39.2 Å². The maximum absolute atomic E-state index is 12.9. The van der Waals surface area contributed by atoms with Crippen LogP contribution >= 0.6 is 12.4 Å². The summed E-state index contributed by atoms with van der Waals surface area (Å²) < 4.78 is 10.7. The zero-order chi connectivity index (χ0) is 20.6. The number of hydrogen-bond donors (Lipinski definition) is 3. The predicted octanol–water partition coefficient (Wildman–Crippen LogP) is 3.11. The van der Waals surface area contributed by atoms with E-state index in [1.165, 1.54) is 14.2 Å². The van der Waals surface area contributed by atoms with Gasteiger partial charge in [0.25, 0.3) is 11.8 Å². The normalized spacial score (nSPS) is 15.1. The number of carbonyl (C=O) groups excluding carboxylic acids is 2. The van der Waals surface area contributed by atoms with Gasteiger partial charge >= 0.3 is 0 Å². The van der Waals surface area contributed by atoms with Crippen LogP contribution in [0, 0.1) is 5.92 Å². The number of benzene rings is 2. The number of rotatable bonds is 8. The standard InChI is InChI=1S/C22H27N3O4.ClH/c1-28-19-12-17(22(27)24-11-9-15-8-10-23-14-15)18(13-20(19)29-2)25-21(26)16-6-4-3-5-7-16;/h3-7,12-13,15,23H,8-11,14H2,1-2H3,(H,24,27)(H,25,26);1H. The van der Waals surface area contributed by atoms with Crippen LogP contribution in [0.25, 0.3) is 0 Å². The zero-order valence-corrected chi connectivity index (χ0v) is 18.0. The highest BCUT2D eigenvalue weighted by Crippen LogP contribution is 2.33. The SMILES string of the molecule is COc1cc(NC(=O)c2ccccc2)c(C(=O)NCCC2CCNC2)cc1OC.Cl. The molecular formula is C22H28ClN3O4.